The maximum atomic E-state index is 12.2. The summed E-state index contributed by atoms with van der Waals surface area (Å²) in [7, 11) is 2.08. The summed E-state index contributed by atoms with van der Waals surface area (Å²) in [5, 5.41) is 10.3. The first kappa shape index (κ1) is 18.6. The monoisotopic (exact) mass is 378 g/mol. The maximum absolute atomic E-state index is 12.2. The number of nitrogens with one attached hydrogen (secondary N) is 3. The van der Waals surface area contributed by atoms with Crippen molar-refractivity contribution < 1.29 is 0 Å². The molecular formula is C21H26N6O. The fourth-order valence-corrected chi connectivity index (χ4v) is 3.74. The van der Waals surface area contributed by atoms with Crippen LogP contribution in [0.25, 0.3) is 11.4 Å². The Morgan fingerprint density at radius 2 is 1.89 bits per heavy atom. The lowest BCUT2D eigenvalue weighted by Gasteiger charge is -2.22. The summed E-state index contributed by atoms with van der Waals surface area (Å²) in [6.45, 7) is 3.61. The zero-order valence-corrected chi connectivity index (χ0v) is 16.1. The van der Waals surface area contributed by atoms with Crippen LogP contribution in [0, 0.1) is 0 Å². The summed E-state index contributed by atoms with van der Waals surface area (Å²) in [5.41, 5.74) is 4.07. The molecule has 7 nitrogen and oxygen atoms in total. The van der Waals surface area contributed by atoms with Gasteiger partial charge < -0.3 is 10.3 Å². The molecule has 7 heteroatoms. The van der Waals surface area contributed by atoms with Gasteiger partial charge >= 0.3 is 0 Å². The molecule has 1 aromatic carbocycles. The van der Waals surface area contributed by atoms with Crippen LogP contribution in [-0.2, 0) is 13.1 Å². The van der Waals surface area contributed by atoms with E-state index >= 15 is 0 Å². The third-order valence-corrected chi connectivity index (χ3v) is 5.20. The molecule has 2 aromatic heterocycles. The van der Waals surface area contributed by atoms with Crippen LogP contribution in [0.1, 0.15) is 35.7 Å². The van der Waals surface area contributed by atoms with E-state index in [2.05, 4.69) is 44.6 Å². The van der Waals surface area contributed by atoms with Gasteiger partial charge in [-0.05, 0) is 44.6 Å². The van der Waals surface area contributed by atoms with Crippen LogP contribution in [0.5, 0.6) is 0 Å². The van der Waals surface area contributed by atoms with Gasteiger partial charge in [0.15, 0.2) is 0 Å². The van der Waals surface area contributed by atoms with Gasteiger partial charge in [-0.25, -0.2) is 4.98 Å². The number of hydrogen-bond donors (Lipinski definition) is 3. The second-order valence-corrected chi connectivity index (χ2v) is 7.49. The zero-order chi connectivity index (χ0) is 19.3. The molecule has 0 bridgehead atoms. The fraction of sp³-hybridized carbons (Fsp3) is 0.381. The molecule has 0 saturated carbocycles. The normalized spacial score (nSPS) is 15.2. The Morgan fingerprint density at radius 1 is 1.11 bits per heavy atom. The largest absolute Gasteiger partial charge is 0.317 e. The molecule has 1 fully saturated rings. The molecule has 3 heterocycles. The van der Waals surface area contributed by atoms with Crippen molar-refractivity contribution in [3.05, 3.63) is 69.9 Å². The van der Waals surface area contributed by atoms with Gasteiger partial charge in [-0.1, -0.05) is 24.3 Å². The first-order chi connectivity index (χ1) is 13.7. The van der Waals surface area contributed by atoms with Crippen molar-refractivity contribution >= 4 is 0 Å². The Bertz CT molecular complexity index is 942. The average Bonchev–Trinajstić information content (AvgIpc) is 3.21. The Morgan fingerprint density at radius 3 is 2.61 bits per heavy atom. The number of aromatic amines is 2. The molecule has 0 spiro atoms. The number of aromatic nitrogens is 4. The number of benzene rings is 1. The minimum atomic E-state index is -0.0816. The standard InChI is InChI=1S/C21H26N6O/c1-27(14-18-8-11-23-26-18)13-15-2-4-17(5-3-15)21-24-19(12-20(28)25-21)16-6-9-22-10-7-16/h2-5,8,11-12,16,22H,6-7,9-10,13-14H2,1H3,(H,23,26)(H,24,25,28). The summed E-state index contributed by atoms with van der Waals surface area (Å²) in [4.78, 5) is 22.0. The van der Waals surface area contributed by atoms with Crippen molar-refractivity contribution in [2.45, 2.75) is 31.8 Å². The third-order valence-electron chi connectivity index (χ3n) is 5.20. The molecule has 146 valence electrons. The van der Waals surface area contributed by atoms with Crippen molar-refractivity contribution in [1.29, 1.82) is 0 Å². The molecule has 1 aliphatic heterocycles. The van der Waals surface area contributed by atoms with E-state index in [4.69, 9.17) is 4.98 Å². The van der Waals surface area contributed by atoms with Crippen LogP contribution in [0.3, 0.4) is 0 Å². The molecule has 1 saturated heterocycles. The molecule has 4 rings (SSSR count). The molecule has 3 aromatic rings. The third kappa shape index (κ3) is 4.55. The number of rotatable bonds is 6. The van der Waals surface area contributed by atoms with E-state index < -0.39 is 0 Å². The molecule has 0 radical (unpaired) electrons. The predicted molar refractivity (Wildman–Crippen MR) is 109 cm³/mol. The number of piperidine rings is 1. The van der Waals surface area contributed by atoms with Gasteiger partial charge in [0.25, 0.3) is 5.56 Å². The van der Waals surface area contributed by atoms with Crippen LogP contribution in [0.4, 0.5) is 0 Å². The van der Waals surface area contributed by atoms with E-state index in [0.29, 0.717) is 11.7 Å². The van der Waals surface area contributed by atoms with Crippen LogP contribution < -0.4 is 10.9 Å². The van der Waals surface area contributed by atoms with Crippen LogP contribution >= 0.6 is 0 Å². The van der Waals surface area contributed by atoms with Crippen LogP contribution in [0.15, 0.2) is 47.4 Å². The van der Waals surface area contributed by atoms with Gasteiger partial charge in [-0.3, -0.25) is 14.8 Å². The van der Waals surface area contributed by atoms with E-state index in [1.165, 1.54) is 5.56 Å². The highest BCUT2D eigenvalue weighted by atomic mass is 16.1. The topological polar surface area (TPSA) is 89.7 Å². The van der Waals surface area contributed by atoms with Crippen molar-refractivity contribution in [2.75, 3.05) is 20.1 Å². The molecule has 1 aliphatic rings. The SMILES string of the molecule is CN(Cc1ccc(-c2nc(C3CCNCC3)cc(=O)[nH]2)cc1)Cc1ccn[nH]1. The van der Waals surface area contributed by atoms with Gasteiger partial charge in [0.1, 0.15) is 5.82 Å². The second-order valence-electron chi connectivity index (χ2n) is 7.49. The summed E-state index contributed by atoms with van der Waals surface area (Å²) >= 11 is 0. The second kappa shape index (κ2) is 8.50. The van der Waals surface area contributed by atoms with Gasteiger partial charge in [-0.2, -0.15) is 5.10 Å². The average molecular weight is 378 g/mol. The highest BCUT2D eigenvalue weighted by Gasteiger charge is 2.18. The van der Waals surface area contributed by atoms with Crippen LogP contribution in [-0.4, -0.2) is 45.2 Å². The highest BCUT2D eigenvalue weighted by molar-refractivity contribution is 5.55. The number of hydrogen-bond acceptors (Lipinski definition) is 5. The lowest BCUT2D eigenvalue weighted by molar-refractivity contribution is 0.315. The van der Waals surface area contributed by atoms with E-state index in [1.54, 1.807) is 12.3 Å². The Kier molecular flexibility index (Phi) is 5.64. The van der Waals surface area contributed by atoms with Gasteiger partial charge in [0, 0.05) is 42.5 Å². The summed E-state index contributed by atoms with van der Waals surface area (Å²) in [6.07, 6.45) is 3.82. The molecule has 0 amide bonds. The summed E-state index contributed by atoms with van der Waals surface area (Å²) < 4.78 is 0. The van der Waals surface area contributed by atoms with Crippen molar-refractivity contribution in [1.82, 2.24) is 30.4 Å². The van der Waals surface area contributed by atoms with Gasteiger partial charge in [-0.15, -0.1) is 0 Å². The first-order valence-electron chi connectivity index (χ1n) is 9.75. The van der Waals surface area contributed by atoms with E-state index in [-0.39, 0.29) is 5.56 Å². The van der Waals surface area contributed by atoms with E-state index in [0.717, 1.165) is 56.0 Å². The van der Waals surface area contributed by atoms with Crippen LogP contribution in [0.2, 0.25) is 0 Å². The number of H-pyrrole nitrogens is 2. The van der Waals surface area contributed by atoms with Gasteiger partial charge in [0.05, 0.1) is 5.69 Å². The predicted octanol–water partition coefficient (Wildman–Crippen LogP) is 2.26. The van der Waals surface area contributed by atoms with E-state index in [1.807, 2.05) is 18.2 Å². The lowest BCUT2D eigenvalue weighted by Crippen LogP contribution is -2.28. The minimum Gasteiger partial charge on any atom is -0.317 e. The zero-order valence-electron chi connectivity index (χ0n) is 16.1. The number of nitrogens with zero attached hydrogens (tertiary/aromatic N) is 3. The van der Waals surface area contributed by atoms with Crippen molar-refractivity contribution in [2.24, 2.45) is 0 Å². The van der Waals surface area contributed by atoms with Crippen molar-refractivity contribution in [3.8, 4) is 11.4 Å². The summed E-state index contributed by atoms with van der Waals surface area (Å²) in [6, 6.07) is 11.9. The Balaban J connectivity index is 1.47. The lowest BCUT2D eigenvalue weighted by atomic mass is 9.94. The highest BCUT2D eigenvalue weighted by Crippen LogP contribution is 2.24. The maximum Gasteiger partial charge on any atom is 0.251 e. The molecule has 0 aliphatic carbocycles. The molecule has 0 atom stereocenters. The van der Waals surface area contributed by atoms with E-state index in [9.17, 15) is 4.79 Å². The minimum absolute atomic E-state index is 0.0816. The smallest absolute Gasteiger partial charge is 0.251 e. The Hall–Kier alpha value is -2.77. The van der Waals surface area contributed by atoms with Gasteiger partial charge in [0.2, 0.25) is 0 Å². The Labute approximate surface area is 164 Å². The molecule has 0 unspecified atom stereocenters. The fourth-order valence-electron chi connectivity index (χ4n) is 3.74. The van der Waals surface area contributed by atoms with Crippen molar-refractivity contribution in [3.63, 3.8) is 0 Å². The molecule has 3 N–H and O–H groups in total. The molecular weight excluding hydrogens is 352 g/mol. The quantitative estimate of drug-likeness (QED) is 0.612. The summed E-state index contributed by atoms with van der Waals surface area (Å²) in [5.74, 6) is 1.01. The first-order valence-corrected chi connectivity index (χ1v) is 9.75. The molecule has 28 heavy (non-hydrogen) atoms.